The van der Waals surface area contributed by atoms with Crippen LogP contribution in [0, 0.1) is 29.1 Å². The van der Waals surface area contributed by atoms with E-state index in [1.54, 1.807) is 5.57 Å². The molecule has 9 unspecified atom stereocenters. The fourth-order valence-electron chi connectivity index (χ4n) is 10.1. The van der Waals surface area contributed by atoms with Gasteiger partial charge < -0.3 is 20.1 Å². The Labute approximate surface area is 275 Å². The van der Waals surface area contributed by atoms with Crippen molar-refractivity contribution in [2.45, 2.75) is 113 Å². The van der Waals surface area contributed by atoms with Gasteiger partial charge >= 0.3 is 11.9 Å². The molecule has 0 radical (unpaired) electrons. The summed E-state index contributed by atoms with van der Waals surface area (Å²) in [5.41, 5.74) is 4.60. The summed E-state index contributed by atoms with van der Waals surface area (Å²) in [5.74, 6) is 0.976. The van der Waals surface area contributed by atoms with Crippen LogP contribution in [0.3, 0.4) is 0 Å². The number of amides is 2. The molecule has 246 valence electrons. The number of carbonyl (C=O) groups is 4. The largest absolute Gasteiger partial charge is 0.480 e. The average Bonchev–Trinajstić information content (AvgIpc) is 3.47. The average molecular weight is 647 g/mol. The molecular formula is C37H46N2O6S. The summed E-state index contributed by atoms with van der Waals surface area (Å²) < 4.78 is 5.59. The third-order valence-corrected chi connectivity index (χ3v) is 13.9. The molecule has 7 rings (SSSR count). The third kappa shape index (κ3) is 5.30. The molecule has 9 heteroatoms. The molecule has 2 heterocycles. The zero-order chi connectivity index (χ0) is 32.5. The number of carboxylic acid groups (broad SMARTS) is 1. The summed E-state index contributed by atoms with van der Waals surface area (Å²) in [5, 5.41) is 12.0. The lowest BCUT2D eigenvalue weighted by molar-refractivity contribution is -0.161. The normalized spacial score (nSPS) is 37.2. The van der Waals surface area contributed by atoms with Crippen LogP contribution in [0.1, 0.15) is 83.3 Å². The number of fused-ring (bicyclic) bond motifs is 6. The summed E-state index contributed by atoms with van der Waals surface area (Å²) in [4.78, 5) is 51.8. The van der Waals surface area contributed by atoms with Crippen molar-refractivity contribution < 1.29 is 29.0 Å². The highest BCUT2D eigenvalue weighted by Gasteiger charge is 2.64. The van der Waals surface area contributed by atoms with E-state index in [1.165, 1.54) is 47.9 Å². The molecule has 8 nitrogen and oxygen atoms in total. The van der Waals surface area contributed by atoms with Crippen LogP contribution in [0.5, 0.6) is 0 Å². The van der Waals surface area contributed by atoms with Gasteiger partial charge in [-0.3, -0.25) is 14.4 Å². The molecule has 2 saturated heterocycles. The smallest absolute Gasteiger partial charge is 0.327 e. The number of hydrogen-bond donors (Lipinski definition) is 2. The van der Waals surface area contributed by atoms with Gasteiger partial charge in [0, 0.05) is 10.2 Å². The first kappa shape index (κ1) is 31.5. The van der Waals surface area contributed by atoms with Crippen molar-refractivity contribution in [1.82, 2.24) is 10.2 Å². The Balaban J connectivity index is 0.906. The Morgan fingerprint density at radius 1 is 1.00 bits per heavy atom. The Kier molecular flexibility index (Phi) is 7.93. The molecule has 2 N–H and O–H groups in total. The van der Waals surface area contributed by atoms with E-state index >= 15 is 0 Å². The number of esters is 1. The zero-order valence-electron chi connectivity index (χ0n) is 27.1. The number of nitrogens with one attached hydrogen (secondary N) is 1. The minimum absolute atomic E-state index is 0.0310. The molecule has 1 aromatic carbocycles. The van der Waals surface area contributed by atoms with E-state index in [9.17, 15) is 24.3 Å². The van der Waals surface area contributed by atoms with E-state index in [-0.39, 0.29) is 47.5 Å². The molecule has 4 aliphatic carbocycles. The maximum absolute atomic E-state index is 13.2. The van der Waals surface area contributed by atoms with Crippen LogP contribution in [0.25, 0.3) is 0 Å². The van der Waals surface area contributed by atoms with E-state index in [1.807, 2.05) is 38.1 Å². The van der Waals surface area contributed by atoms with Crippen molar-refractivity contribution in [2.75, 3.05) is 0 Å². The van der Waals surface area contributed by atoms with Crippen molar-refractivity contribution in [3.8, 4) is 0 Å². The number of carboxylic acids is 1. The van der Waals surface area contributed by atoms with Crippen LogP contribution >= 0.6 is 11.8 Å². The number of carbonyl (C=O) groups excluding carboxylic acids is 3. The van der Waals surface area contributed by atoms with Gasteiger partial charge in [-0.15, -0.1) is 11.8 Å². The monoisotopic (exact) mass is 646 g/mol. The number of thioether (sulfide) groups is 1. The lowest BCUT2D eigenvalue weighted by Gasteiger charge is -2.53. The van der Waals surface area contributed by atoms with Crippen molar-refractivity contribution in [1.29, 1.82) is 0 Å². The van der Waals surface area contributed by atoms with E-state index in [4.69, 9.17) is 4.74 Å². The summed E-state index contributed by atoms with van der Waals surface area (Å²) >= 11 is 1.41. The quantitative estimate of drug-likeness (QED) is 0.300. The number of allylic oxidation sites excluding steroid dienone is 3. The van der Waals surface area contributed by atoms with Crippen LogP contribution in [-0.2, 0) is 36.8 Å². The molecule has 0 aromatic heterocycles. The zero-order valence-corrected chi connectivity index (χ0v) is 27.9. The second kappa shape index (κ2) is 11.6. The Hall–Kier alpha value is -3.07. The lowest BCUT2D eigenvalue weighted by atomic mass is 9.52. The number of hydrogen-bond acceptors (Lipinski definition) is 6. The summed E-state index contributed by atoms with van der Waals surface area (Å²) in [7, 11) is 0. The SMILES string of the molecule is C=C1C=C2CCC3C(CCC4(C)C(OC(=O)Cc5ccc(CC(=O)NC6C(=O)N7C6SC(C)(C)C7C(=O)O)cc5)CCC34)C2CC1. The van der Waals surface area contributed by atoms with Gasteiger partial charge in [0.1, 0.15) is 23.6 Å². The van der Waals surface area contributed by atoms with Gasteiger partial charge in [0.25, 0.3) is 0 Å². The molecule has 2 amide bonds. The standard InChI is InChI=1S/C37H46N2O6S/c1-20-5-11-24-23(17-20)10-12-26-25(24)15-16-37(4)27(26)13-14-28(37)45-30(41)19-22-8-6-21(7-9-22)18-29(40)38-31-33(42)39-32(35(43)44)36(2,3)46-34(31)39/h6-9,17,24-28,31-32,34H,1,5,10-16,18-19H2,2-4H3,(H,38,40)(H,43,44). The first-order valence-electron chi connectivity index (χ1n) is 17.0. The van der Waals surface area contributed by atoms with Crippen LogP contribution in [0.15, 0.2) is 48.1 Å². The minimum Gasteiger partial charge on any atom is -0.480 e. The second-order valence-electron chi connectivity index (χ2n) is 15.4. The van der Waals surface area contributed by atoms with E-state index in [2.05, 4.69) is 24.9 Å². The highest BCUT2D eigenvalue weighted by atomic mass is 32.2. The number of β-lactam (4-membered cyclic amide) rings is 1. The van der Waals surface area contributed by atoms with Crippen molar-refractivity contribution in [2.24, 2.45) is 29.1 Å². The van der Waals surface area contributed by atoms with Gasteiger partial charge in [-0.2, -0.15) is 0 Å². The first-order valence-corrected chi connectivity index (χ1v) is 17.9. The van der Waals surface area contributed by atoms with Gasteiger partial charge in [0.05, 0.1) is 12.8 Å². The minimum atomic E-state index is -1.03. The molecule has 0 spiro atoms. The highest BCUT2D eigenvalue weighted by molar-refractivity contribution is 8.01. The number of aliphatic carboxylic acids is 1. The predicted molar refractivity (Wildman–Crippen MR) is 176 cm³/mol. The second-order valence-corrected chi connectivity index (χ2v) is 17.2. The number of ether oxygens (including phenoxy) is 1. The molecule has 6 aliphatic rings. The summed E-state index contributed by atoms with van der Waals surface area (Å²) in [6.07, 6.45) is 11.9. The fourth-order valence-corrected chi connectivity index (χ4v) is 11.7. The first-order chi connectivity index (χ1) is 21.9. The van der Waals surface area contributed by atoms with Gasteiger partial charge in [-0.25, -0.2) is 4.79 Å². The Bertz CT molecular complexity index is 1500. The van der Waals surface area contributed by atoms with Gasteiger partial charge in [0.2, 0.25) is 11.8 Å². The maximum atomic E-state index is 13.2. The Morgan fingerprint density at radius 3 is 2.43 bits per heavy atom. The summed E-state index contributed by atoms with van der Waals surface area (Å²) in [6.45, 7) is 10.2. The summed E-state index contributed by atoms with van der Waals surface area (Å²) in [6, 6.07) is 5.78. The number of nitrogens with zero attached hydrogens (tertiary/aromatic N) is 1. The van der Waals surface area contributed by atoms with Gasteiger partial charge in [-0.05, 0) is 100 Å². The molecule has 9 atom stereocenters. The van der Waals surface area contributed by atoms with E-state index < -0.39 is 22.8 Å². The van der Waals surface area contributed by atoms with Crippen molar-refractivity contribution in [3.05, 3.63) is 59.2 Å². The fraction of sp³-hybridized carbons (Fsp3) is 0.622. The van der Waals surface area contributed by atoms with Crippen molar-refractivity contribution >= 4 is 35.5 Å². The molecule has 5 fully saturated rings. The van der Waals surface area contributed by atoms with Crippen LogP contribution in [-0.4, -0.2) is 62.1 Å². The van der Waals surface area contributed by atoms with E-state index in [0.29, 0.717) is 5.92 Å². The predicted octanol–water partition coefficient (Wildman–Crippen LogP) is 5.44. The third-order valence-electron chi connectivity index (χ3n) is 12.3. The number of rotatable bonds is 7. The molecule has 2 aliphatic heterocycles. The molecule has 1 aromatic rings. The van der Waals surface area contributed by atoms with Crippen LogP contribution < -0.4 is 5.32 Å². The van der Waals surface area contributed by atoms with Crippen LogP contribution in [0.4, 0.5) is 0 Å². The van der Waals surface area contributed by atoms with E-state index in [0.717, 1.165) is 54.6 Å². The van der Waals surface area contributed by atoms with Crippen molar-refractivity contribution in [3.63, 3.8) is 0 Å². The van der Waals surface area contributed by atoms with Gasteiger partial charge in [-0.1, -0.05) is 55.0 Å². The number of benzene rings is 1. The maximum Gasteiger partial charge on any atom is 0.327 e. The molecule has 3 saturated carbocycles. The highest BCUT2D eigenvalue weighted by Crippen LogP contribution is 2.62. The molecule has 0 bridgehead atoms. The lowest BCUT2D eigenvalue weighted by Crippen LogP contribution is -2.70. The molecular weight excluding hydrogens is 600 g/mol. The topological polar surface area (TPSA) is 113 Å². The Morgan fingerprint density at radius 2 is 1.72 bits per heavy atom. The molecule has 46 heavy (non-hydrogen) atoms. The van der Waals surface area contributed by atoms with Crippen LogP contribution in [0.2, 0.25) is 0 Å². The van der Waals surface area contributed by atoms with Gasteiger partial charge in [0.15, 0.2) is 0 Å².